The third-order valence-corrected chi connectivity index (χ3v) is 4.16. The second-order valence-corrected chi connectivity index (χ2v) is 5.54. The van der Waals surface area contributed by atoms with Gasteiger partial charge in [0.1, 0.15) is 5.82 Å². The lowest BCUT2D eigenvalue weighted by Crippen LogP contribution is -2.34. The molecule has 2 aromatic rings. The van der Waals surface area contributed by atoms with Crippen molar-refractivity contribution in [3.05, 3.63) is 47.8 Å². The predicted molar refractivity (Wildman–Crippen MR) is 80.9 cm³/mol. The molecule has 0 N–H and O–H groups in total. The zero-order valence-electron chi connectivity index (χ0n) is 12.7. The maximum Gasteiger partial charge on any atom is 0.126 e. The highest BCUT2D eigenvalue weighted by atomic mass is 16.5. The van der Waals surface area contributed by atoms with Crippen molar-refractivity contribution in [1.29, 1.82) is 0 Å². The molecule has 1 atom stereocenters. The molecule has 0 bridgehead atoms. The lowest BCUT2D eigenvalue weighted by atomic mass is 10.2. The average Bonchev–Trinajstić information content (AvgIpc) is 2.92. The topological polar surface area (TPSA) is 43.2 Å². The monoisotopic (exact) mass is 286 g/mol. The molecular weight excluding hydrogens is 264 g/mol. The van der Waals surface area contributed by atoms with Crippen molar-refractivity contribution in [2.45, 2.75) is 32.5 Å². The first-order chi connectivity index (χ1) is 10.3. The summed E-state index contributed by atoms with van der Waals surface area (Å²) < 4.78 is 8.06. The lowest BCUT2D eigenvalue weighted by molar-refractivity contribution is 0.119. The van der Waals surface area contributed by atoms with E-state index in [1.165, 1.54) is 11.5 Å². The molecule has 0 saturated heterocycles. The molecule has 5 nitrogen and oxygen atoms in total. The van der Waals surface area contributed by atoms with E-state index in [9.17, 15) is 0 Å². The lowest BCUT2D eigenvalue weighted by Gasteiger charge is -2.31. The van der Waals surface area contributed by atoms with E-state index in [2.05, 4.69) is 33.4 Å². The highest BCUT2D eigenvalue weighted by molar-refractivity contribution is 5.11. The molecule has 112 valence electrons. The quantitative estimate of drug-likeness (QED) is 0.789. The molecular formula is C16H22N4O. The van der Waals surface area contributed by atoms with Gasteiger partial charge in [-0.05, 0) is 26.1 Å². The van der Waals surface area contributed by atoms with Gasteiger partial charge in [0.05, 0.1) is 24.9 Å². The van der Waals surface area contributed by atoms with Crippen molar-refractivity contribution >= 4 is 0 Å². The molecule has 0 fully saturated rings. The molecule has 21 heavy (non-hydrogen) atoms. The zero-order chi connectivity index (χ0) is 14.7. The number of likely N-dealkylation sites (N-methyl/N-ethyl adjacent to an activating group) is 1. The van der Waals surface area contributed by atoms with Crippen molar-refractivity contribution in [3.63, 3.8) is 0 Å². The molecule has 1 unspecified atom stereocenters. The van der Waals surface area contributed by atoms with Gasteiger partial charge in [0.25, 0.3) is 0 Å². The van der Waals surface area contributed by atoms with Crippen molar-refractivity contribution < 1.29 is 4.74 Å². The van der Waals surface area contributed by atoms with Crippen LogP contribution in [0.2, 0.25) is 0 Å². The number of pyridine rings is 1. The molecule has 1 aliphatic rings. The van der Waals surface area contributed by atoms with Gasteiger partial charge >= 0.3 is 0 Å². The largest absolute Gasteiger partial charge is 0.375 e. The number of nitrogens with zero attached hydrogens (tertiary/aromatic N) is 4. The first kappa shape index (κ1) is 14.2. The SMILES string of the molecule is CC1c2ncc(CCOCc3ccccn3)n2CCN1C. The molecule has 0 radical (unpaired) electrons. The van der Waals surface area contributed by atoms with Crippen LogP contribution in [0.3, 0.4) is 0 Å². The normalized spacial score (nSPS) is 18.7. The Bertz CT molecular complexity index is 581. The molecule has 2 aromatic heterocycles. The minimum absolute atomic E-state index is 0.391. The van der Waals surface area contributed by atoms with Crippen LogP contribution in [0.4, 0.5) is 0 Å². The second-order valence-electron chi connectivity index (χ2n) is 5.54. The van der Waals surface area contributed by atoms with Gasteiger partial charge in [-0.15, -0.1) is 0 Å². The fourth-order valence-electron chi connectivity index (χ4n) is 2.70. The zero-order valence-corrected chi connectivity index (χ0v) is 12.7. The number of ether oxygens (including phenoxy) is 1. The number of imidazole rings is 1. The molecule has 3 heterocycles. The smallest absolute Gasteiger partial charge is 0.126 e. The molecule has 3 rings (SSSR count). The Morgan fingerprint density at radius 1 is 1.29 bits per heavy atom. The summed E-state index contributed by atoms with van der Waals surface area (Å²) in [7, 11) is 2.15. The van der Waals surface area contributed by atoms with Crippen LogP contribution in [0.15, 0.2) is 30.6 Å². The summed E-state index contributed by atoms with van der Waals surface area (Å²) in [5.74, 6) is 1.17. The van der Waals surface area contributed by atoms with Crippen LogP contribution >= 0.6 is 0 Å². The van der Waals surface area contributed by atoms with E-state index in [0.717, 1.165) is 25.2 Å². The summed E-state index contributed by atoms with van der Waals surface area (Å²) in [6.45, 7) is 5.57. The van der Waals surface area contributed by atoms with Crippen LogP contribution < -0.4 is 0 Å². The molecule has 1 aliphatic heterocycles. The Labute approximate surface area is 125 Å². The fraction of sp³-hybridized carbons (Fsp3) is 0.500. The number of hydrogen-bond donors (Lipinski definition) is 0. The number of aromatic nitrogens is 3. The van der Waals surface area contributed by atoms with Crippen LogP contribution in [0.25, 0.3) is 0 Å². The molecule has 0 amide bonds. The summed E-state index contributed by atoms with van der Waals surface area (Å²) in [5, 5.41) is 0. The highest BCUT2D eigenvalue weighted by Crippen LogP contribution is 2.23. The first-order valence-electron chi connectivity index (χ1n) is 7.48. The van der Waals surface area contributed by atoms with E-state index in [1.54, 1.807) is 6.20 Å². The second kappa shape index (κ2) is 6.37. The Balaban J connectivity index is 1.54. The van der Waals surface area contributed by atoms with Gasteiger partial charge in [-0.25, -0.2) is 4.98 Å². The van der Waals surface area contributed by atoms with Gasteiger partial charge in [-0.2, -0.15) is 0 Å². The number of hydrogen-bond acceptors (Lipinski definition) is 4. The minimum Gasteiger partial charge on any atom is -0.375 e. The molecule has 0 spiro atoms. The van der Waals surface area contributed by atoms with E-state index >= 15 is 0 Å². The van der Waals surface area contributed by atoms with Gasteiger partial charge in [0, 0.05) is 37.6 Å². The van der Waals surface area contributed by atoms with E-state index in [4.69, 9.17) is 4.74 Å². The Morgan fingerprint density at radius 2 is 2.19 bits per heavy atom. The maximum atomic E-state index is 5.72. The predicted octanol–water partition coefficient (Wildman–Crippen LogP) is 2.04. The average molecular weight is 286 g/mol. The van der Waals surface area contributed by atoms with Gasteiger partial charge in [0.15, 0.2) is 0 Å². The molecule has 0 saturated carbocycles. The van der Waals surface area contributed by atoms with E-state index < -0.39 is 0 Å². The van der Waals surface area contributed by atoms with E-state index in [-0.39, 0.29) is 0 Å². The molecule has 0 aromatic carbocycles. The van der Waals surface area contributed by atoms with E-state index in [1.807, 2.05) is 24.4 Å². The van der Waals surface area contributed by atoms with Crippen LogP contribution in [0.1, 0.15) is 30.2 Å². The van der Waals surface area contributed by atoms with Crippen LogP contribution in [-0.4, -0.2) is 39.6 Å². The molecule has 5 heteroatoms. The first-order valence-corrected chi connectivity index (χ1v) is 7.48. The van der Waals surface area contributed by atoms with Crippen molar-refractivity contribution in [1.82, 2.24) is 19.4 Å². The maximum absolute atomic E-state index is 5.72. The standard InChI is InChI=1S/C16H22N4O/c1-13-16-18-11-15(20(16)9-8-19(13)2)6-10-21-12-14-5-3-4-7-17-14/h3-5,7,11,13H,6,8-10,12H2,1-2H3. The Hall–Kier alpha value is -1.72. The van der Waals surface area contributed by atoms with Gasteiger partial charge in [-0.3, -0.25) is 9.88 Å². The van der Waals surface area contributed by atoms with Crippen molar-refractivity contribution in [2.24, 2.45) is 0 Å². The van der Waals surface area contributed by atoms with Gasteiger partial charge < -0.3 is 9.30 Å². The summed E-state index contributed by atoms with van der Waals surface area (Å²) in [6.07, 6.45) is 4.69. The number of fused-ring (bicyclic) bond motifs is 1. The van der Waals surface area contributed by atoms with Crippen molar-refractivity contribution in [2.75, 3.05) is 20.2 Å². The summed E-state index contributed by atoms with van der Waals surface area (Å²) in [5.41, 5.74) is 2.24. The summed E-state index contributed by atoms with van der Waals surface area (Å²) in [4.78, 5) is 11.2. The minimum atomic E-state index is 0.391. The van der Waals surface area contributed by atoms with Crippen LogP contribution in [-0.2, 0) is 24.3 Å². The fourth-order valence-corrected chi connectivity index (χ4v) is 2.70. The summed E-state index contributed by atoms with van der Waals surface area (Å²) >= 11 is 0. The van der Waals surface area contributed by atoms with Crippen LogP contribution in [0.5, 0.6) is 0 Å². The van der Waals surface area contributed by atoms with Crippen molar-refractivity contribution in [3.8, 4) is 0 Å². The summed E-state index contributed by atoms with van der Waals surface area (Å²) in [6, 6.07) is 6.27. The third kappa shape index (κ3) is 3.14. The molecule has 0 aliphatic carbocycles. The Kier molecular flexibility index (Phi) is 4.31. The van der Waals surface area contributed by atoms with Gasteiger partial charge in [-0.1, -0.05) is 6.07 Å². The highest BCUT2D eigenvalue weighted by Gasteiger charge is 2.23. The third-order valence-electron chi connectivity index (χ3n) is 4.16. The van der Waals surface area contributed by atoms with Crippen LogP contribution in [0, 0.1) is 0 Å². The Morgan fingerprint density at radius 3 is 3.00 bits per heavy atom. The van der Waals surface area contributed by atoms with E-state index in [0.29, 0.717) is 19.3 Å². The van der Waals surface area contributed by atoms with Gasteiger partial charge in [0.2, 0.25) is 0 Å². The number of rotatable bonds is 5.